The van der Waals surface area contributed by atoms with Crippen molar-refractivity contribution < 1.29 is 27.3 Å². The predicted octanol–water partition coefficient (Wildman–Crippen LogP) is 3.52. The van der Waals surface area contributed by atoms with Crippen LogP contribution in [-0.2, 0) is 21.2 Å². The minimum Gasteiger partial charge on any atom is -0.338 e. The van der Waals surface area contributed by atoms with Crippen molar-refractivity contribution in [3.63, 3.8) is 0 Å². The second-order valence-electron chi connectivity index (χ2n) is 7.54. The highest BCUT2D eigenvalue weighted by molar-refractivity contribution is 6.06. The number of nitrogens with one attached hydrogen (secondary N) is 1. The van der Waals surface area contributed by atoms with Crippen molar-refractivity contribution in [1.82, 2.24) is 10.1 Å². The summed E-state index contributed by atoms with van der Waals surface area (Å²) >= 11 is 0. The van der Waals surface area contributed by atoms with E-state index < -0.39 is 23.7 Å². The molecule has 2 aromatic rings. The zero-order valence-corrected chi connectivity index (χ0v) is 15.5. The van der Waals surface area contributed by atoms with Crippen LogP contribution < -0.4 is 10.2 Å². The van der Waals surface area contributed by atoms with E-state index in [1.54, 1.807) is 6.07 Å². The molecule has 0 spiro atoms. The van der Waals surface area contributed by atoms with Crippen LogP contribution in [0.3, 0.4) is 0 Å². The summed E-state index contributed by atoms with van der Waals surface area (Å²) in [5.41, 5.74) is -0.557. The summed E-state index contributed by atoms with van der Waals surface area (Å²) in [6.07, 6.45) is -3.59. The monoisotopic (exact) mass is 396 g/mol. The molecule has 150 valence electrons. The van der Waals surface area contributed by atoms with Gasteiger partial charge < -0.3 is 4.52 Å². The quantitative estimate of drug-likeness (QED) is 0.858. The summed E-state index contributed by atoms with van der Waals surface area (Å²) < 4.78 is 43.2. The lowest BCUT2D eigenvalue weighted by atomic mass is 9.92. The lowest BCUT2D eigenvalue weighted by Gasteiger charge is -2.22. The normalized spacial score (nSPS) is 17.9. The molecule has 1 atom stereocenters. The maximum absolute atomic E-state index is 12.7. The molecule has 7 nitrogen and oxygen atoms in total. The van der Waals surface area contributed by atoms with Gasteiger partial charge in [-0.15, -0.1) is 0 Å². The summed E-state index contributed by atoms with van der Waals surface area (Å²) in [6.45, 7) is 5.80. The molecule has 2 aromatic heterocycles. The SMILES string of the molecule is CC(C)(C)c1cc(NC(=O)[C@@H]2CCC(=O)N2c2ccc(C(F)(F)F)cn2)on1. The van der Waals surface area contributed by atoms with Crippen LogP contribution in [-0.4, -0.2) is 28.0 Å². The topological polar surface area (TPSA) is 88.3 Å². The van der Waals surface area contributed by atoms with Gasteiger partial charge in [-0.2, -0.15) is 13.2 Å². The molecule has 1 N–H and O–H groups in total. The first kappa shape index (κ1) is 19.8. The van der Waals surface area contributed by atoms with Crippen LogP contribution in [0.2, 0.25) is 0 Å². The van der Waals surface area contributed by atoms with E-state index in [4.69, 9.17) is 4.52 Å². The molecule has 28 heavy (non-hydrogen) atoms. The third kappa shape index (κ3) is 4.00. The second-order valence-corrected chi connectivity index (χ2v) is 7.54. The van der Waals surface area contributed by atoms with E-state index in [2.05, 4.69) is 15.5 Å². The summed E-state index contributed by atoms with van der Waals surface area (Å²) in [7, 11) is 0. The fraction of sp³-hybridized carbons (Fsp3) is 0.444. The van der Waals surface area contributed by atoms with Crippen molar-refractivity contribution in [3.05, 3.63) is 35.7 Å². The Morgan fingerprint density at radius 2 is 2.00 bits per heavy atom. The highest BCUT2D eigenvalue weighted by atomic mass is 19.4. The van der Waals surface area contributed by atoms with Crippen molar-refractivity contribution >= 4 is 23.5 Å². The van der Waals surface area contributed by atoms with E-state index in [0.29, 0.717) is 11.9 Å². The molecule has 2 amide bonds. The number of carbonyl (C=O) groups excluding carboxylic acids is 2. The van der Waals surface area contributed by atoms with Crippen LogP contribution >= 0.6 is 0 Å². The molecular weight excluding hydrogens is 377 g/mol. The number of carbonyl (C=O) groups is 2. The molecule has 0 saturated carbocycles. The fourth-order valence-corrected chi connectivity index (χ4v) is 2.81. The number of rotatable bonds is 3. The minimum atomic E-state index is -4.53. The number of anilines is 2. The Morgan fingerprint density at radius 1 is 1.29 bits per heavy atom. The van der Waals surface area contributed by atoms with Crippen LogP contribution in [0.1, 0.15) is 44.9 Å². The number of alkyl halides is 3. The number of aromatic nitrogens is 2. The molecule has 0 unspecified atom stereocenters. The van der Waals surface area contributed by atoms with Gasteiger partial charge in [0.25, 0.3) is 0 Å². The Kier molecular flexibility index (Phi) is 4.90. The number of hydrogen-bond acceptors (Lipinski definition) is 5. The standard InChI is InChI=1S/C18H19F3N4O3/c1-17(2,3)12-8-14(28-24-12)23-16(27)11-5-7-15(26)25(11)13-6-4-10(9-22-13)18(19,20)21/h4,6,8-9,11H,5,7H2,1-3H3,(H,23,27)/t11-/m0/s1. The van der Waals surface area contributed by atoms with E-state index in [-0.39, 0.29) is 35.9 Å². The lowest BCUT2D eigenvalue weighted by molar-refractivity contribution is -0.137. The molecule has 1 saturated heterocycles. The predicted molar refractivity (Wildman–Crippen MR) is 93.6 cm³/mol. The fourth-order valence-electron chi connectivity index (χ4n) is 2.81. The Hall–Kier alpha value is -2.91. The molecule has 0 aromatic carbocycles. The first-order valence-electron chi connectivity index (χ1n) is 8.60. The van der Waals surface area contributed by atoms with Crippen molar-refractivity contribution in [2.24, 2.45) is 0 Å². The smallest absolute Gasteiger partial charge is 0.338 e. The van der Waals surface area contributed by atoms with E-state index >= 15 is 0 Å². The second kappa shape index (κ2) is 6.92. The van der Waals surface area contributed by atoms with Gasteiger partial charge >= 0.3 is 6.18 Å². The third-order valence-electron chi connectivity index (χ3n) is 4.36. The summed E-state index contributed by atoms with van der Waals surface area (Å²) in [5.74, 6) is -0.789. The van der Waals surface area contributed by atoms with Crippen LogP contribution in [0.15, 0.2) is 28.9 Å². The van der Waals surface area contributed by atoms with E-state index in [0.717, 1.165) is 17.0 Å². The van der Waals surface area contributed by atoms with Gasteiger partial charge in [-0.3, -0.25) is 19.8 Å². The van der Waals surface area contributed by atoms with Crippen molar-refractivity contribution in [1.29, 1.82) is 0 Å². The Bertz CT molecular complexity index is 885. The molecule has 0 bridgehead atoms. The number of nitrogens with zero attached hydrogens (tertiary/aromatic N) is 3. The molecule has 0 aliphatic carbocycles. The molecule has 3 rings (SSSR count). The number of halogens is 3. The maximum atomic E-state index is 12.7. The Balaban J connectivity index is 1.78. The zero-order valence-electron chi connectivity index (χ0n) is 15.5. The molecule has 10 heteroatoms. The third-order valence-corrected chi connectivity index (χ3v) is 4.36. The highest BCUT2D eigenvalue weighted by Crippen LogP contribution is 2.32. The van der Waals surface area contributed by atoms with Gasteiger partial charge in [0.15, 0.2) is 0 Å². The molecule has 1 fully saturated rings. The average Bonchev–Trinajstić information content (AvgIpc) is 3.20. The molecule has 3 heterocycles. The minimum absolute atomic E-state index is 0.0106. The van der Waals surface area contributed by atoms with Gasteiger partial charge in [0.2, 0.25) is 17.7 Å². The van der Waals surface area contributed by atoms with Gasteiger partial charge in [-0.05, 0) is 18.6 Å². The van der Waals surface area contributed by atoms with Gasteiger partial charge in [-0.1, -0.05) is 25.9 Å². The summed E-state index contributed by atoms with van der Waals surface area (Å²) in [5, 5.41) is 6.47. The average molecular weight is 396 g/mol. The number of amides is 2. The van der Waals surface area contributed by atoms with Crippen molar-refractivity contribution in [2.45, 2.75) is 51.2 Å². The number of pyridine rings is 1. The van der Waals surface area contributed by atoms with Crippen molar-refractivity contribution in [2.75, 3.05) is 10.2 Å². The van der Waals surface area contributed by atoms with Gasteiger partial charge in [0.1, 0.15) is 11.9 Å². The van der Waals surface area contributed by atoms with Gasteiger partial charge in [-0.25, -0.2) is 4.98 Å². The van der Waals surface area contributed by atoms with E-state index in [1.807, 2.05) is 20.8 Å². The first-order chi connectivity index (χ1) is 13.0. The van der Waals surface area contributed by atoms with E-state index in [9.17, 15) is 22.8 Å². The summed E-state index contributed by atoms with van der Waals surface area (Å²) in [6, 6.07) is 2.60. The molecule has 1 aliphatic rings. The van der Waals surface area contributed by atoms with Crippen LogP contribution in [0.4, 0.5) is 24.9 Å². The van der Waals surface area contributed by atoms with Crippen molar-refractivity contribution in [3.8, 4) is 0 Å². The first-order valence-corrected chi connectivity index (χ1v) is 8.60. The largest absolute Gasteiger partial charge is 0.417 e. The molecule has 0 radical (unpaired) electrons. The Morgan fingerprint density at radius 3 is 2.54 bits per heavy atom. The molecular formula is C18H19F3N4O3. The maximum Gasteiger partial charge on any atom is 0.417 e. The molecule has 1 aliphatic heterocycles. The van der Waals surface area contributed by atoms with Crippen LogP contribution in [0, 0.1) is 0 Å². The van der Waals surface area contributed by atoms with Gasteiger partial charge in [0.05, 0.1) is 11.3 Å². The van der Waals surface area contributed by atoms with Crippen LogP contribution in [0.5, 0.6) is 0 Å². The van der Waals surface area contributed by atoms with Gasteiger partial charge in [0, 0.05) is 24.1 Å². The Labute approximate surface area is 158 Å². The zero-order chi connectivity index (χ0) is 20.7. The van der Waals surface area contributed by atoms with Crippen LogP contribution in [0.25, 0.3) is 0 Å². The lowest BCUT2D eigenvalue weighted by Crippen LogP contribution is -2.42. The van der Waals surface area contributed by atoms with E-state index in [1.165, 1.54) is 0 Å². The number of hydrogen-bond donors (Lipinski definition) is 1. The highest BCUT2D eigenvalue weighted by Gasteiger charge is 2.39. The summed E-state index contributed by atoms with van der Waals surface area (Å²) in [4.78, 5) is 29.7.